The maximum atomic E-state index is 2.77. The summed E-state index contributed by atoms with van der Waals surface area (Å²) in [4.78, 5) is 10.1. The van der Waals surface area contributed by atoms with E-state index >= 15 is 0 Å². The lowest BCUT2D eigenvalue weighted by atomic mass is 9.59. The van der Waals surface area contributed by atoms with Crippen molar-refractivity contribution in [2.45, 2.75) is 83.5 Å². The third-order valence-corrected chi connectivity index (χ3v) is 22.0. The molecule has 3 heterocycles. The largest absolute Gasteiger partial charge is 0.314 e. The van der Waals surface area contributed by atoms with Crippen molar-refractivity contribution >= 4 is 89.7 Å². The van der Waals surface area contributed by atoms with Crippen molar-refractivity contribution in [3.8, 4) is 22.3 Å². The van der Waals surface area contributed by atoms with Crippen molar-refractivity contribution in [2.24, 2.45) is 0 Å². The Morgan fingerprint density at radius 1 is 0.309 bits per heavy atom. The van der Waals surface area contributed by atoms with Crippen LogP contribution in [0.2, 0.25) is 0 Å². The second-order valence-electron chi connectivity index (χ2n) is 28.6. The summed E-state index contributed by atoms with van der Waals surface area (Å²) < 4.78 is 0. The highest BCUT2D eigenvalue weighted by molar-refractivity contribution is 6.10. The summed E-state index contributed by atoms with van der Waals surface area (Å²) in [6.45, 7) is 15.1. The van der Waals surface area contributed by atoms with Gasteiger partial charge < -0.3 is 19.6 Å². The molecule has 0 N–H and O–H groups in total. The number of para-hydroxylation sites is 5. The highest BCUT2D eigenvalue weighted by atomic mass is 15.2. The first kappa shape index (κ1) is 58.4. The molecule has 468 valence electrons. The third-order valence-electron chi connectivity index (χ3n) is 22.0. The van der Waals surface area contributed by atoms with Crippen LogP contribution < -0.4 is 30.0 Å². The highest BCUT2D eigenvalue weighted by Crippen LogP contribution is 2.68. The minimum atomic E-state index is -0.439. The molecule has 0 unspecified atom stereocenters. The van der Waals surface area contributed by atoms with Gasteiger partial charge in [0.05, 0.1) is 28.4 Å². The Hall–Kier alpha value is -11.2. The molecule has 0 aromatic heterocycles. The highest BCUT2D eigenvalue weighted by Gasteiger charge is 2.53. The number of hydrogen-bond acceptors (Lipinski definition) is 4. The van der Waals surface area contributed by atoms with Crippen LogP contribution >= 0.6 is 0 Å². The normalized spacial score (nSPS) is 15.6. The molecule has 5 aliphatic rings. The van der Waals surface area contributed by atoms with E-state index in [9.17, 15) is 0 Å². The number of hydrogen-bond donors (Lipinski definition) is 0. The van der Waals surface area contributed by atoms with Crippen LogP contribution in [0.25, 0.3) is 55.1 Å². The molecule has 97 heavy (non-hydrogen) atoms. The molecule has 3 aliphatic heterocycles. The van der Waals surface area contributed by atoms with Gasteiger partial charge in [-0.3, -0.25) is 0 Å². The van der Waals surface area contributed by atoms with Gasteiger partial charge in [-0.25, -0.2) is 0 Å². The molecule has 2 aliphatic carbocycles. The number of nitrogens with zero attached hydrogens (tertiary/aromatic N) is 4. The summed E-state index contributed by atoms with van der Waals surface area (Å²) in [5, 5.41) is 7.47. The summed E-state index contributed by atoms with van der Waals surface area (Å²) >= 11 is 0. The topological polar surface area (TPSA) is 13.0 Å². The summed E-state index contributed by atoms with van der Waals surface area (Å²) in [5.74, 6) is 0. The monoisotopic (exact) mass is 1250 g/mol. The van der Waals surface area contributed by atoms with Gasteiger partial charge in [-0.1, -0.05) is 230 Å². The standard InChI is InChI=1S/C93H76N4/c1-91(2)79-55-61(70-49-52-85(76-46-28-25-43-73(70)76)94(64-31-13-7-14-32-64)65-33-15-8-16-34-65)57-81-88(79)97-89-80(91)56-62(71-50-53-86(77-47-29-26-44-74(71)77)95(66-35-17-9-18-36-66)67-37-19-10-20-38-67)58-82(89)93(5,6)84-60-63(59-83(90(84)97)92(81,3)4)72-51-54-87(78-48-30-27-45-75(72)78)96(68-39-21-11-22-40-68)69-41-23-12-24-42-69/h7-11,13-23,25-50,52-53,55-60H,12,24,51,54H2,1-6H3. The Bertz CT molecular complexity index is 5210. The van der Waals surface area contributed by atoms with Crippen molar-refractivity contribution in [3.63, 3.8) is 0 Å². The Morgan fingerprint density at radius 2 is 0.649 bits per heavy atom. The van der Waals surface area contributed by atoms with E-state index in [-0.39, 0.29) is 0 Å². The lowest BCUT2D eigenvalue weighted by Crippen LogP contribution is -2.44. The van der Waals surface area contributed by atoms with Gasteiger partial charge >= 0.3 is 0 Å². The van der Waals surface area contributed by atoms with Gasteiger partial charge in [0, 0.05) is 72.1 Å². The first-order valence-electron chi connectivity index (χ1n) is 34.7. The first-order chi connectivity index (χ1) is 47.4. The van der Waals surface area contributed by atoms with Crippen molar-refractivity contribution in [3.05, 3.63) is 358 Å². The molecular weight excluding hydrogens is 1170 g/mol. The van der Waals surface area contributed by atoms with Gasteiger partial charge in [0.2, 0.25) is 0 Å². The van der Waals surface area contributed by atoms with Crippen LogP contribution in [-0.4, -0.2) is 0 Å². The van der Waals surface area contributed by atoms with E-state index in [4.69, 9.17) is 0 Å². The van der Waals surface area contributed by atoms with E-state index in [2.05, 4.69) is 364 Å². The van der Waals surface area contributed by atoms with Crippen molar-refractivity contribution in [1.29, 1.82) is 0 Å². The number of rotatable bonds is 12. The fourth-order valence-corrected chi connectivity index (χ4v) is 17.2. The van der Waals surface area contributed by atoms with E-state index in [0.717, 1.165) is 59.8 Å². The zero-order valence-corrected chi connectivity index (χ0v) is 56.0. The lowest BCUT2D eigenvalue weighted by Gasteiger charge is -2.55. The molecule has 18 rings (SSSR count). The van der Waals surface area contributed by atoms with E-state index in [1.807, 2.05) is 0 Å². The maximum Gasteiger partial charge on any atom is 0.0544 e. The Kier molecular flexibility index (Phi) is 13.5. The molecule has 0 fully saturated rings. The molecule has 0 amide bonds. The fraction of sp³-hybridized carbons (Fsp3) is 0.140. The second kappa shape index (κ2) is 22.5. The fourth-order valence-electron chi connectivity index (χ4n) is 17.2. The lowest BCUT2D eigenvalue weighted by molar-refractivity contribution is 0.567. The first-order valence-corrected chi connectivity index (χ1v) is 34.7. The molecule has 4 heteroatoms. The van der Waals surface area contributed by atoms with Crippen molar-refractivity contribution in [2.75, 3.05) is 19.6 Å². The predicted molar refractivity (Wildman–Crippen MR) is 409 cm³/mol. The molecule has 0 atom stereocenters. The molecule has 13 aromatic rings. The van der Waals surface area contributed by atoms with Crippen LogP contribution in [0.15, 0.2) is 309 Å². The van der Waals surface area contributed by atoms with Gasteiger partial charge in [-0.05, 0) is 224 Å². The molecule has 13 aromatic carbocycles. The van der Waals surface area contributed by atoms with Gasteiger partial charge in [0.1, 0.15) is 0 Å². The number of allylic oxidation sites excluding steroid dienone is 3. The Labute approximate surface area is 570 Å². The summed E-state index contributed by atoms with van der Waals surface area (Å²) in [5.41, 5.74) is 29.1. The summed E-state index contributed by atoms with van der Waals surface area (Å²) in [6.07, 6.45) is 11.0. The van der Waals surface area contributed by atoms with Gasteiger partial charge in [-0.15, -0.1) is 0 Å². The molecular formula is C93H76N4. The van der Waals surface area contributed by atoms with E-state index < -0.39 is 16.2 Å². The quantitative estimate of drug-likeness (QED) is 0.121. The minimum absolute atomic E-state index is 0.422. The number of fused-ring (bicyclic) bond motifs is 3. The van der Waals surface area contributed by atoms with Gasteiger partial charge in [-0.2, -0.15) is 0 Å². The molecule has 4 nitrogen and oxygen atoms in total. The molecule has 0 spiro atoms. The zero-order chi connectivity index (χ0) is 65.3. The van der Waals surface area contributed by atoms with Gasteiger partial charge in [0.25, 0.3) is 0 Å². The molecule has 0 bridgehead atoms. The van der Waals surface area contributed by atoms with Crippen LogP contribution in [0.5, 0.6) is 0 Å². The van der Waals surface area contributed by atoms with E-state index in [1.165, 1.54) is 133 Å². The Morgan fingerprint density at radius 3 is 1.03 bits per heavy atom. The van der Waals surface area contributed by atoms with Crippen molar-refractivity contribution in [1.82, 2.24) is 0 Å². The molecule has 0 radical (unpaired) electrons. The van der Waals surface area contributed by atoms with Crippen LogP contribution in [-0.2, 0) is 16.2 Å². The number of anilines is 10. The molecule has 0 saturated heterocycles. The van der Waals surface area contributed by atoms with Crippen molar-refractivity contribution < 1.29 is 0 Å². The smallest absolute Gasteiger partial charge is 0.0544 e. The van der Waals surface area contributed by atoms with Gasteiger partial charge in [0.15, 0.2) is 0 Å². The SMILES string of the molecule is CC1(C)c2cc(C3=c4ccccc4=C(N(C4=CCCC=C4)c4ccccc4)CC3)cc3c2N2c4c1cc(-c1ccc(N(c5ccccc5)c5ccccc5)c5ccccc15)cc4C(C)(C)c1cc(-c4ccc(N(c5ccccc5)c5ccccc5)c5ccccc45)cc(c12)C3(C)C. The Balaban J connectivity index is 0.891. The third kappa shape index (κ3) is 9.10. The van der Waals surface area contributed by atoms with E-state index in [0.29, 0.717) is 0 Å². The summed E-state index contributed by atoms with van der Waals surface area (Å²) in [7, 11) is 0. The van der Waals surface area contributed by atoms with Crippen LogP contribution in [0.3, 0.4) is 0 Å². The van der Waals surface area contributed by atoms with Crippen LogP contribution in [0.4, 0.5) is 56.9 Å². The average molecular weight is 1250 g/mol. The zero-order valence-electron chi connectivity index (χ0n) is 56.0. The van der Waals surface area contributed by atoms with E-state index in [1.54, 1.807) is 0 Å². The maximum absolute atomic E-state index is 2.77. The molecule has 0 saturated carbocycles. The van der Waals surface area contributed by atoms with Crippen LogP contribution in [0, 0.1) is 0 Å². The number of benzene rings is 13. The summed E-state index contributed by atoms with van der Waals surface area (Å²) in [6, 6.07) is 107. The minimum Gasteiger partial charge on any atom is -0.314 e. The second-order valence-corrected chi connectivity index (χ2v) is 28.6. The average Bonchev–Trinajstić information content (AvgIpc) is 0.662. The predicted octanol–water partition coefficient (Wildman–Crippen LogP) is 23.5. The van der Waals surface area contributed by atoms with Crippen LogP contribution in [0.1, 0.15) is 106 Å².